The van der Waals surface area contributed by atoms with Crippen molar-refractivity contribution >= 4 is 5.97 Å². The molecule has 0 saturated heterocycles. The molecule has 0 aromatic carbocycles. The Morgan fingerprint density at radius 3 is 3.00 bits per heavy atom. The van der Waals surface area contributed by atoms with E-state index in [1.807, 2.05) is 13.8 Å². The molecule has 0 aliphatic heterocycles. The topological polar surface area (TPSA) is 64.3 Å². The van der Waals surface area contributed by atoms with Crippen LogP contribution < -0.4 is 4.74 Å². The summed E-state index contributed by atoms with van der Waals surface area (Å²) in [6.07, 6.45) is 3.98. The first-order chi connectivity index (χ1) is 7.11. The van der Waals surface area contributed by atoms with E-state index >= 15 is 0 Å². The quantitative estimate of drug-likeness (QED) is 0.776. The van der Waals surface area contributed by atoms with Gasteiger partial charge < -0.3 is 9.84 Å². The van der Waals surface area contributed by atoms with Gasteiger partial charge in [-0.25, -0.2) is 0 Å². The molecule has 0 amide bonds. The number of ether oxygens (including phenoxy) is 1. The van der Waals surface area contributed by atoms with Crippen LogP contribution in [-0.4, -0.2) is 27.0 Å². The maximum atomic E-state index is 10.3. The highest BCUT2D eigenvalue weighted by Crippen LogP contribution is 2.12. The van der Waals surface area contributed by atoms with E-state index in [1.165, 1.54) is 0 Å². The number of rotatable bonds is 6. The maximum absolute atomic E-state index is 10.3. The summed E-state index contributed by atoms with van der Waals surface area (Å²) in [6, 6.07) is 0. The van der Waals surface area contributed by atoms with Crippen molar-refractivity contribution in [2.45, 2.75) is 39.3 Å². The Bertz CT molecular complexity index is 322. The van der Waals surface area contributed by atoms with Gasteiger partial charge in [0.1, 0.15) is 0 Å². The minimum absolute atomic E-state index is 0.101. The van der Waals surface area contributed by atoms with Crippen molar-refractivity contribution in [2.24, 2.45) is 0 Å². The molecule has 0 aliphatic carbocycles. The van der Waals surface area contributed by atoms with Crippen LogP contribution >= 0.6 is 0 Å². The molecular formula is C10H16N2O3. The summed E-state index contributed by atoms with van der Waals surface area (Å²) in [5.41, 5.74) is 0. The van der Waals surface area contributed by atoms with Crippen molar-refractivity contribution in [1.82, 2.24) is 9.78 Å². The number of aliphatic carboxylic acids is 1. The number of hydrogen-bond donors (Lipinski definition) is 1. The highest BCUT2D eigenvalue weighted by molar-refractivity contribution is 5.66. The third kappa shape index (κ3) is 4.01. The van der Waals surface area contributed by atoms with Gasteiger partial charge in [0.25, 0.3) is 0 Å². The van der Waals surface area contributed by atoms with Gasteiger partial charge in [0.05, 0.1) is 18.5 Å². The van der Waals surface area contributed by atoms with Crippen molar-refractivity contribution < 1.29 is 14.6 Å². The third-order valence-electron chi connectivity index (χ3n) is 2.04. The van der Waals surface area contributed by atoms with Crippen LogP contribution in [0.1, 0.15) is 26.7 Å². The van der Waals surface area contributed by atoms with Crippen LogP contribution in [0.25, 0.3) is 0 Å². The van der Waals surface area contributed by atoms with E-state index < -0.39 is 5.97 Å². The predicted octanol–water partition coefficient (Wildman–Crippen LogP) is 1.54. The average molecular weight is 212 g/mol. The Kier molecular flexibility index (Phi) is 4.15. The number of carbonyl (C=O) groups is 1. The molecule has 0 bridgehead atoms. The molecule has 1 N–H and O–H groups in total. The molecule has 1 atom stereocenters. The van der Waals surface area contributed by atoms with Crippen molar-refractivity contribution in [3.8, 4) is 5.75 Å². The minimum Gasteiger partial charge on any atom is -0.487 e. The van der Waals surface area contributed by atoms with E-state index in [0.29, 0.717) is 12.2 Å². The molecule has 84 valence electrons. The second-order valence-electron chi connectivity index (χ2n) is 3.39. The summed E-state index contributed by atoms with van der Waals surface area (Å²) in [5.74, 6) is -0.107. The lowest BCUT2D eigenvalue weighted by Crippen LogP contribution is -2.13. The Balaban J connectivity index is 2.36. The van der Waals surface area contributed by atoms with Gasteiger partial charge in [-0.05, 0) is 20.3 Å². The Hall–Kier alpha value is -1.52. The maximum Gasteiger partial charge on any atom is 0.303 e. The SMILES string of the molecule is CCn1cc(OC(C)CCC(=O)O)cn1. The zero-order valence-corrected chi connectivity index (χ0v) is 9.01. The van der Waals surface area contributed by atoms with Crippen LogP contribution in [0.2, 0.25) is 0 Å². The summed E-state index contributed by atoms with van der Waals surface area (Å²) in [7, 11) is 0. The van der Waals surface area contributed by atoms with Gasteiger partial charge >= 0.3 is 5.97 Å². The number of carboxylic acids is 1. The standard InChI is InChI=1S/C10H16N2O3/c1-3-12-7-9(6-11-12)15-8(2)4-5-10(13)14/h6-8H,3-5H2,1-2H3,(H,13,14). The van der Waals surface area contributed by atoms with Gasteiger partial charge in [-0.3, -0.25) is 9.48 Å². The lowest BCUT2D eigenvalue weighted by Gasteiger charge is -2.11. The molecule has 0 spiro atoms. The van der Waals surface area contributed by atoms with E-state index in [9.17, 15) is 4.79 Å². The Morgan fingerprint density at radius 2 is 2.47 bits per heavy atom. The van der Waals surface area contributed by atoms with Gasteiger partial charge in [-0.2, -0.15) is 5.10 Å². The van der Waals surface area contributed by atoms with Crippen LogP contribution in [0.5, 0.6) is 5.75 Å². The van der Waals surface area contributed by atoms with E-state index in [1.54, 1.807) is 17.1 Å². The zero-order valence-electron chi connectivity index (χ0n) is 9.01. The summed E-state index contributed by atoms with van der Waals surface area (Å²) in [5, 5.41) is 12.6. The molecule has 1 aromatic rings. The van der Waals surface area contributed by atoms with Gasteiger partial charge in [0.2, 0.25) is 0 Å². The molecule has 0 radical (unpaired) electrons. The van der Waals surface area contributed by atoms with Crippen LogP contribution in [0.4, 0.5) is 0 Å². The molecule has 0 fully saturated rings. The van der Waals surface area contributed by atoms with E-state index in [-0.39, 0.29) is 12.5 Å². The Labute approximate surface area is 88.7 Å². The fourth-order valence-electron chi connectivity index (χ4n) is 1.20. The number of aromatic nitrogens is 2. The van der Waals surface area contributed by atoms with Crippen LogP contribution in [-0.2, 0) is 11.3 Å². The molecule has 1 unspecified atom stereocenters. The molecule has 0 aliphatic rings. The number of aryl methyl sites for hydroxylation is 1. The van der Waals surface area contributed by atoms with Gasteiger partial charge in [-0.1, -0.05) is 0 Å². The average Bonchev–Trinajstić information content (AvgIpc) is 2.62. The summed E-state index contributed by atoms with van der Waals surface area (Å²) in [6.45, 7) is 4.64. The molecular weight excluding hydrogens is 196 g/mol. The third-order valence-corrected chi connectivity index (χ3v) is 2.04. The first-order valence-electron chi connectivity index (χ1n) is 5.02. The molecule has 5 heteroatoms. The van der Waals surface area contributed by atoms with E-state index in [4.69, 9.17) is 9.84 Å². The molecule has 1 heterocycles. The summed E-state index contributed by atoms with van der Waals surface area (Å²) >= 11 is 0. The van der Waals surface area contributed by atoms with Crippen molar-refractivity contribution in [2.75, 3.05) is 0 Å². The highest BCUT2D eigenvalue weighted by atomic mass is 16.5. The molecule has 1 aromatic heterocycles. The normalized spacial score (nSPS) is 12.4. The molecule has 1 rings (SSSR count). The summed E-state index contributed by atoms with van der Waals surface area (Å²) < 4.78 is 7.26. The van der Waals surface area contributed by atoms with E-state index in [2.05, 4.69) is 5.10 Å². The fourth-order valence-corrected chi connectivity index (χ4v) is 1.20. The van der Waals surface area contributed by atoms with Crippen molar-refractivity contribution in [3.05, 3.63) is 12.4 Å². The van der Waals surface area contributed by atoms with E-state index in [0.717, 1.165) is 6.54 Å². The smallest absolute Gasteiger partial charge is 0.303 e. The van der Waals surface area contributed by atoms with Gasteiger partial charge in [-0.15, -0.1) is 0 Å². The van der Waals surface area contributed by atoms with Crippen molar-refractivity contribution in [1.29, 1.82) is 0 Å². The van der Waals surface area contributed by atoms with Crippen LogP contribution in [0.15, 0.2) is 12.4 Å². The minimum atomic E-state index is -0.797. The highest BCUT2D eigenvalue weighted by Gasteiger charge is 2.08. The predicted molar refractivity (Wildman–Crippen MR) is 54.9 cm³/mol. The number of hydrogen-bond acceptors (Lipinski definition) is 3. The largest absolute Gasteiger partial charge is 0.487 e. The van der Waals surface area contributed by atoms with Crippen LogP contribution in [0, 0.1) is 0 Å². The second kappa shape index (κ2) is 5.38. The number of nitrogens with zero attached hydrogens (tertiary/aromatic N) is 2. The van der Waals surface area contributed by atoms with Gasteiger partial charge in [0.15, 0.2) is 5.75 Å². The molecule has 5 nitrogen and oxygen atoms in total. The van der Waals surface area contributed by atoms with Crippen molar-refractivity contribution in [3.63, 3.8) is 0 Å². The van der Waals surface area contributed by atoms with Gasteiger partial charge in [0, 0.05) is 13.0 Å². The zero-order chi connectivity index (χ0) is 11.3. The lowest BCUT2D eigenvalue weighted by atomic mass is 10.2. The monoisotopic (exact) mass is 212 g/mol. The van der Waals surface area contributed by atoms with Crippen LogP contribution in [0.3, 0.4) is 0 Å². The first-order valence-corrected chi connectivity index (χ1v) is 5.02. The fraction of sp³-hybridized carbons (Fsp3) is 0.600. The Morgan fingerprint density at radius 1 is 1.73 bits per heavy atom. The molecule has 0 saturated carbocycles. The number of carboxylic acid groups (broad SMARTS) is 1. The first kappa shape index (κ1) is 11.6. The summed E-state index contributed by atoms with van der Waals surface area (Å²) in [4.78, 5) is 10.3. The molecule has 15 heavy (non-hydrogen) atoms. The lowest BCUT2D eigenvalue weighted by molar-refractivity contribution is -0.137. The second-order valence-corrected chi connectivity index (χ2v) is 3.39.